The summed E-state index contributed by atoms with van der Waals surface area (Å²) in [6.45, 7) is 4.31. The maximum atomic E-state index is 10.6. The van der Waals surface area contributed by atoms with Crippen molar-refractivity contribution in [3.63, 3.8) is 0 Å². The molecule has 0 aliphatic heterocycles. The van der Waals surface area contributed by atoms with Crippen molar-refractivity contribution < 1.29 is 39.6 Å². The fourth-order valence-electron chi connectivity index (χ4n) is 3.60. The third kappa shape index (κ3) is 19.2. The molecular formula is C29H48N10O8. The number of para-hydroxylation sites is 1. The maximum absolute atomic E-state index is 10.6. The number of aromatic nitrogens is 3. The molecule has 0 amide bonds. The second-order valence-corrected chi connectivity index (χ2v) is 10.7. The van der Waals surface area contributed by atoms with Gasteiger partial charge in [0.25, 0.3) is 0 Å². The summed E-state index contributed by atoms with van der Waals surface area (Å²) in [5.41, 5.74) is 34.0. The van der Waals surface area contributed by atoms with E-state index in [4.69, 9.17) is 54.8 Å². The standard InChI is InChI=1S/C11H12N2O2.C6H14N4O2.C6H9N3O2.C6H13NO2/c12-9(11(14)15)5-7-6-13-10-4-2-1-3-8(7)10;7-4(5(11)12)2-1-3-10-6(8)9;7-5(6(10)11)1-4-2-8-3-9-4;1-4(2)3-5(7)6(8)9/h1-4,6,9,13H,5,12H2,(H,14,15);4H,1-3,7H2,(H,11,12)(H4,8,9,10);2-3,5H,1,7H2,(H,8,9)(H,10,11);4-5H,3,7H2,1-2H3,(H,8,9). The number of carboxylic acids is 4. The number of carboxylic acid groups (broad SMARTS) is 4. The van der Waals surface area contributed by atoms with Gasteiger partial charge in [-0.1, -0.05) is 32.0 Å². The molecule has 0 aliphatic rings. The van der Waals surface area contributed by atoms with Crippen LogP contribution in [0.25, 0.3) is 10.9 Å². The lowest BCUT2D eigenvalue weighted by Gasteiger charge is -2.07. The van der Waals surface area contributed by atoms with Gasteiger partial charge in [-0.2, -0.15) is 0 Å². The van der Waals surface area contributed by atoms with Gasteiger partial charge in [0.1, 0.15) is 24.2 Å². The molecule has 0 spiro atoms. The molecule has 3 rings (SSSR count). The van der Waals surface area contributed by atoms with Crippen molar-refractivity contribution in [2.24, 2.45) is 45.3 Å². The summed E-state index contributed by atoms with van der Waals surface area (Å²) in [6.07, 6.45) is 7.00. The number of nitrogens with one attached hydrogen (secondary N) is 2. The van der Waals surface area contributed by atoms with E-state index in [1.807, 2.05) is 44.3 Å². The van der Waals surface area contributed by atoms with Gasteiger partial charge in [-0.25, -0.2) is 4.98 Å². The Kier molecular flexibility index (Phi) is 20.1. The highest BCUT2D eigenvalue weighted by Gasteiger charge is 2.15. The molecule has 0 aliphatic carbocycles. The van der Waals surface area contributed by atoms with Crippen molar-refractivity contribution >= 4 is 40.7 Å². The van der Waals surface area contributed by atoms with Crippen LogP contribution in [0.1, 0.15) is 44.4 Å². The second kappa shape index (κ2) is 22.5. The first kappa shape index (κ1) is 42.0. The largest absolute Gasteiger partial charge is 0.480 e. The zero-order chi connectivity index (χ0) is 36.1. The van der Waals surface area contributed by atoms with Crippen LogP contribution in [0.3, 0.4) is 0 Å². The number of fused-ring (bicyclic) bond motifs is 1. The highest BCUT2D eigenvalue weighted by atomic mass is 16.4. The summed E-state index contributed by atoms with van der Waals surface area (Å²) in [5, 5.41) is 34.9. The zero-order valence-electron chi connectivity index (χ0n) is 26.5. The van der Waals surface area contributed by atoms with E-state index in [2.05, 4.69) is 19.9 Å². The van der Waals surface area contributed by atoms with E-state index >= 15 is 0 Å². The molecule has 0 saturated heterocycles. The average Bonchev–Trinajstić information content (AvgIpc) is 3.65. The summed E-state index contributed by atoms with van der Waals surface area (Å²) < 4.78 is 0. The molecule has 47 heavy (non-hydrogen) atoms. The lowest BCUT2D eigenvalue weighted by molar-refractivity contribution is -0.139. The monoisotopic (exact) mass is 664 g/mol. The fourth-order valence-corrected chi connectivity index (χ4v) is 3.60. The van der Waals surface area contributed by atoms with E-state index in [1.165, 1.54) is 6.33 Å². The van der Waals surface area contributed by atoms with Crippen molar-refractivity contribution in [2.75, 3.05) is 6.54 Å². The number of hydrogen-bond acceptors (Lipinski definition) is 10. The van der Waals surface area contributed by atoms with Crippen molar-refractivity contribution in [1.82, 2.24) is 15.0 Å². The fraction of sp³-hybridized carbons (Fsp3) is 0.448. The molecule has 0 fully saturated rings. The Morgan fingerprint density at radius 3 is 1.83 bits per heavy atom. The number of aliphatic carboxylic acids is 4. The van der Waals surface area contributed by atoms with Crippen molar-refractivity contribution in [1.29, 1.82) is 0 Å². The Morgan fingerprint density at radius 2 is 1.36 bits per heavy atom. The van der Waals surface area contributed by atoms with Gasteiger partial charge in [0, 0.05) is 48.4 Å². The lowest BCUT2D eigenvalue weighted by atomic mass is 10.1. The Balaban J connectivity index is 0.000000612. The molecule has 18 heteroatoms. The van der Waals surface area contributed by atoms with Crippen LogP contribution < -0.4 is 34.4 Å². The quantitative estimate of drug-likeness (QED) is 0.0580. The Bertz CT molecular complexity index is 1390. The molecule has 0 saturated carbocycles. The van der Waals surface area contributed by atoms with E-state index < -0.39 is 48.0 Å². The number of benzene rings is 1. The van der Waals surface area contributed by atoms with Gasteiger partial charge in [-0.3, -0.25) is 24.2 Å². The van der Waals surface area contributed by atoms with Gasteiger partial charge in [-0.15, -0.1) is 0 Å². The number of hydrogen-bond donors (Lipinski definition) is 12. The van der Waals surface area contributed by atoms with Gasteiger partial charge in [0.2, 0.25) is 0 Å². The topological polar surface area (TPSA) is 362 Å². The highest BCUT2D eigenvalue weighted by molar-refractivity contribution is 5.84. The number of imidazole rings is 1. The molecule has 4 atom stereocenters. The molecule has 0 radical (unpaired) electrons. The molecule has 2 aromatic heterocycles. The summed E-state index contributed by atoms with van der Waals surface area (Å²) in [7, 11) is 0. The number of carbonyl (C=O) groups is 4. The van der Waals surface area contributed by atoms with Crippen LogP contribution in [0, 0.1) is 5.92 Å². The molecule has 0 bridgehead atoms. The number of rotatable bonds is 14. The summed E-state index contributed by atoms with van der Waals surface area (Å²) >= 11 is 0. The molecular weight excluding hydrogens is 616 g/mol. The number of nitrogens with two attached hydrogens (primary N) is 6. The Hall–Kier alpha value is -5.04. The summed E-state index contributed by atoms with van der Waals surface area (Å²) in [5.74, 6) is -3.52. The molecule has 18 nitrogen and oxygen atoms in total. The highest BCUT2D eigenvalue weighted by Crippen LogP contribution is 2.18. The van der Waals surface area contributed by atoms with Gasteiger partial charge >= 0.3 is 23.9 Å². The first-order valence-electron chi connectivity index (χ1n) is 14.5. The van der Waals surface area contributed by atoms with Crippen molar-refractivity contribution in [2.45, 2.75) is 70.1 Å². The van der Waals surface area contributed by atoms with E-state index in [0.717, 1.165) is 22.2 Å². The Morgan fingerprint density at radius 1 is 0.809 bits per heavy atom. The van der Waals surface area contributed by atoms with Crippen LogP contribution in [-0.4, -0.2) is 95.9 Å². The second-order valence-electron chi connectivity index (χ2n) is 10.7. The third-order valence-corrected chi connectivity index (χ3v) is 6.07. The molecule has 3 aromatic rings. The number of aromatic amines is 2. The molecule has 4 unspecified atom stereocenters. The number of nitrogens with zero attached hydrogens (tertiary/aromatic N) is 2. The number of H-pyrrole nitrogens is 2. The smallest absolute Gasteiger partial charge is 0.320 e. The minimum Gasteiger partial charge on any atom is -0.480 e. The van der Waals surface area contributed by atoms with E-state index in [0.29, 0.717) is 38.1 Å². The summed E-state index contributed by atoms with van der Waals surface area (Å²) in [6, 6.07) is 4.55. The van der Waals surface area contributed by atoms with Crippen LogP contribution in [0.2, 0.25) is 0 Å². The molecule has 2 heterocycles. The maximum Gasteiger partial charge on any atom is 0.320 e. The van der Waals surface area contributed by atoms with Gasteiger partial charge in [0.05, 0.1) is 6.33 Å². The first-order valence-corrected chi connectivity index (χ1v) is 14.5. The van der Waals surface area contributed by atoms with Gasteiger partial charge in [0.15, 0.2) is 5.96 Å². The Labute approximate surface area is 271 Å². The molecule has 1 aromatic carbocycles. The normalized spacial score (nSPS) is 12.8. The van der Waals surface area contributed by atoms with E-state index in [-0.39, 0.29) is 12.4 Å². The van der Waals surface area contributed by atoms with Crippen LogP contribution in [0.15, 0.2) is 48.0 Å². The zero-order valence-corrected chi connectivity index (χ0v) is 26.5. The SMILES string of the molecule is CC(C)CC(N)C(=O)O.NC(Cc1c[nH]c2ccccc12)C(=O)O.NC(Cc1cnc[nH]1)C(=O)O.NC(N)=NCCCC(N)C(=O)O. The number of aliphatic imine (C=N–C) groups is 1. The minimum absolute atomic E-state index is 0.0129. The molecule has 18 N–H and O–H groups in total. The van der Waals surface area contributed by atoms with Crippen molar-refractivity contribution in [3.05, 3.63) is 54.2 Å². The third-order valence-electron chi connectivity index (χ3n) is 6.07. The number of guanidine groups is 1. The van der Waals surface area contributed by atoms with Crippen LogP contribution in [-0.2, 0) is 32.0 Å². The average molecular weight is 665 g/mol. The van der Waals surface area contributed by atoms with Crippen molar-refractivity contribution in [3.8, 4) is 0 Å². The van der Waals surface area contributed by atoms with Crippen LogP contribution >= 0.6 is 0 Å². The van der Waals surface area contributed by atoms with Gasteiger partial charge in [-0.05, 0) is 36.8 Å². The predicted octanol–water partition coefficient (Wildman–Crippen LogP) is -0.617. The van der Waals surface area contributed by atoms with E-state index in [1.54, 1.807) is 6.20 Å². The summed E-state index contributed by atoms with van der Waals surface area (Å²) in [4.78, 5) is 54.5. The first-order chi connectivity index (χ1) is 22.0. The lowest BCUT2D eigenvalue weighted by Crippen LogP contribution is -2.32. The van der Waals surface area contributed by atoms with Crippen LogP contribution in [0.5, 0.6) is 0 Å². The molecule has 262 valence electrons. The van der Waals surface area contributed by atoms with Gasteiger partial charge < -0.3 is 64.8 Å². The van der Waals surface area contributed by atoms with E-state index in [9.17, 15) is 19.2 Å². The van der Waals surface area contributed by atoms with Crippen LogP contribution in [0.4, 0.5) is 0 Å². The minimum atomic E-state index is -1.00. The predicted molar refractivity (Wildman–Crippen MR) is 176 cm³/mol.